The number of H-pyrrole nitrogens is 1. The van der Waals surface area contributed by atoms with E-state index < -0.39 is 11.2 Å². The van der Waals surface area contributed by atoms with Crippen LogP contribution in [0.15, 0.2) is 27.8 Å². The molecule has 90 valence electrons. The van der Waals surface area contributed by atoms with Gasteiger partial charge in [-0.15, -0.1) is 0 Å². The quantitative estimate of drug-likeness (QED) is 0.580. The van der Waals surface area contributed by atoms with E-state index in [0.717, 1.165) is 16.6 Å². The van der Waals surface area contributed by atoms with Gasteiger partial charge in [0.05, 0.1) is 11.0 Å². The molecule has 0 radical (unpaired) electrons. The molecule has 6 nitrogen and oxygen atoms in total. The zero-order valence-corrected chi connectivity index (χ0v) is 9.89. The minimum Gasteiger partial charge on any atom is -0.325 e. The van der Waals surface area contributed by atoms with Crippen LogP contribution in [-0.4, -0.2) is 19.5 Å². The molecule has 0 spiro atoms. The lowest BCUT2D eigenvalue weighted by molar-refractivity contribution is 0.870. The fourth-order valence-electron chi connectivity index (χ4n) is 2.06. The predicted octanol–water partition coefficient (Wildman–Crippen LogP) is 0.430. The van der Waals surface area contributed by atoms with Gasteiger partial charge in [-0.2, -0.15) is 4.98 Å². The fraction of sp³-hybridized carbons (Fsp3) is 0.167. The molecule has 2 heterocycles. The second-order valence-corrected chi connectivity index (χ2v) is 4.16. The highest BCUT2D eigenvalue weighted by Crippen LogP contribution is 2.21. The third-order valence-electron chi connectivity index (χ3n) is 2.97. The van der Waals surface area contributed by atoms with Crippen molar-refractivity contribution in [1.82, 2.24) is 19.5 Å². The maximum atomic E-state index is 11.7. The number of aromatic amines is 1. The van der Waals surface area contributed by atoms with Crippen molar-refractivity contribution in [3.05, 3.63) is 44.6 Å². The Morgan fingerprint density at radius 3 is 2.78 bits per heavy atom. The molecule has 2 aliphatic heterocycles. The van der Waals surface area contributed by atoms with Gasteiger partial charge in [0.25, 0.3) is 5.56 Å². The lowest BCUT2D eigenvalue weighted by atomic mass is 10.2. The van der Waals surface area contributed by atoms with Gasteiger partial charge >= 0.3 is 5.69 Å². The number of aromatic nitrogens is 4. The number of nitrogens with one attached hydrogen (secondary N) is 1. The van der Waals surface area contributed by atoms with E-state index in [9.17, 15) is 9.59 Å². The molecule has 2 aliphatic rings. The van der Waals surface area contributed by atoms with Crippen LogP contribution in [0.25, 0.3) is 22.6 Å². The molecular weight excluding hydrogens is 232 g/mol. The van der Waals surface area contributed by atoms with Crippen molar-refractivity contribution in [2.75, 3.05) is 0 Å². The average Bonchev–Trinajstić information content (AvgIpc) is 2.32. The van der Waals surface area contributed by atoms with E-state index in [1.54, 1.807) is 11.6 Å². The third-order valence-corrected chi connectivity index (χ3v) is 2.97. The molecule has 0 aliphatic carbocycles. The second kappa shape index (κ2) is 3.49. The van der Waals surface area contributed by atoms with E-state index in [4.69, 9.17) is 0 Å². The number of benzene rings is 1. The van der Waals surface area contributed by atoms with E-state index in [0.29, 0.717) is 5.82 Å². The predicted molar refractivity (Wildman–Crippen MR) is 66.8 cm³/mol. The van der Waals surface area contributed by atoms with Gasteiger partial charge in [0, 0.05) is 7.05 Å². The van der Waals surface area contributed by atoms with Crippen molar-refractivity contribution in [2.24, 2.45) is 7.05 Å². The van der Waals surface area contributed by atoms with Crippen LogP contribution in [0.1, 0.15) is 5.56 Å². The van der Waals surface area contributed by atoms with Gasteiger partial charge in [-0.3, -0.25) is 9.78 Å². The van der Waals surface area contributed by atoms with Gasteiger partial charge < -0.3 is 4.57 Å². The first kappa shape index (κ1) is 10.6. The number of nitrogens with zero attached hydrogens (tertiary/aromatic N) is 3. The van der Waals surface area contributed by atoms with E-state index in [-0.39, 0.29) is 5.69 Å². The summed E-state index contributed by atoms with van der Waals surface area (Å²) >= 11 is 0. The summed E-state index contributed by atoms with van der Waals surface area (Å²) in [6.45, 7) is 1.92. The summed E-state index contributed by atoms with van der Waals surface area (Å²) < 4.78 is 1.71. The summed E-state index contributed by atoms with van der Waals surface area (Å²) in [5.74, 6) is 0.293. The number of fused-ring (bicyclic) bond motifs is 2. The maximum Gasteiger partial charge on any atom is 0.349 e. The third kappa shape index (κ3) is 1.35. The van der Waals surface area contributed by atoms with Crippen LogP contribution in [0.5, 0.6) is 0 Å². The molecule has 6 heteroatoms. The molecule has 0 amide bonds. The molecule has 0 aromatic heterocycles. The smallest absolute Gasteiger partial charge is 0.325 e. The molecule has 0 fully saturated rings. The standard InChI is InChI=1S/C12H10N4O2/c1-6-4-3-5-7-8(6)13-9-10(16(7)2)14-12(18)15-11(9)17/h3-5H,1-2H3,(H,15,17,18). The summed E-state index contributed by atoms with van der Waals surface area (Å²) in [6.07, 6.45) is 0. The molecule has 3 rings (SSSR count). The summed E-state index contributed by atoms with van der Waals surface area (Å²) in [6, 6.07) is 5.70. The molecular formula is C12H10N4O2. The van der Waals surface area contributed by atoms with E-state index in [1.165, 1.54) is 0 Å². The Morgan fingerprint density at radius 2 is 2.00 bits per heavy atom. The zero-order valence-electron chi connectivity index (χ0n) is 9.89. The van der Waals surface area contributed by atoms with Crippen molar-refractivity contribution < 1.29 is 0 Å². The van der Waals surface area contributed by atoms with E-state index >= 15 is 0 Å². The van der Waals surface area contributed by atoms with Crippen LogP contribution >= 0.6 is 0 Å². The monoisotopic (exact) mass is 242 g/mol. The Kier molecular flexibility index (Phi) is 2.07. The number of aryl methyl sites for hydroxylation is 2. The van der Waals surface area contributed by atoms with Crippen LogP contribution in [0, 0.1) is 6.92 Å². The second-order valence-electron chi connectivity index (χ2n) is 4.16. The van der Waals surface area contributed by atoms with Crippen LogP contribution in [0.3, 0.4) is 0 Å². The topological polar surface area (TPSA) is 80.6 Å². The lowest BCUT2D eigenvalue weighted by Gasteiger charge is -2.12. The summed E-state index contributed by atoms with van der Waals surface area (Å²) in [7, 11) is 1.76. The minimum atomic E-state index is -0.656. The number of hydrogen-bond acceptors (Lipinski definition) is 4. The minimum absolute atomic E-state index is 0.180. The Morgan fingerprint density at radius 1 is 1.22 bits per heavy atom. The first-order valence-corrected chi connectivity index (χ1v) is 5.44. The summed E-state index contributed by atoms with van der Waals surface area (Å²) in [5.41, 5.74) is 1.55. The lowest BCUT2D eigenvalue weighted by Crippen LogP contribution is -2.28. The van der Waals surface area contributed by atoms with Crippen molar-refractivity contribution in [3.8, 4) is 11.5 Å². The Bertz CT molecular complexity index is 847. The molecule has 1 N–H and O–H groups in total. The highest BCUT2D eigenvalue weighted by atomic mass is 16.2. The molecule has 0 saturated carbocycles. The molecule has 0 unspecified atom stereocenters. The van der Waals surface area contributed by atoms with E-state index in [2.05, 4.69) is 15.0 Å². The SMILES string of the molecule is Cc1cccc2c1nc1c(=O)[nH]c(=O)nc-1n2C. The van der Waals surface area contributed by atoms with Crippen LogP contribution < -0.4 is 11.2 Å². The van der Waals surface area contributed by atoms with Gasteiger partial charge in [-0.05, 0) is 18.6 Å². The Hall–Kier alpha value is -2.50. The van der Waals surface area contributed by atoms with Crippen molar-refractivity contribution >= 4 is 11.0 Å². The highest BCUT2D eigenvalue weighted by Gasteiger charge is 2.16. The molecule has 0 atom stereocenters. The largest absolute Gasteiger partial charge is 0.349 e. The van der Waals surface area contributed by atoms with E-state index in [1.807, 2.05) is 25.1 Å². The first-order chi connectivity index (χ1) is 8.58. The van der Waals surface area contributed by atoms with Gasteiger partial charge in [0.2, 0.25) is 0 Å². The Balaban J connectivity index is 2.66. The molecule has 1 aromatic carbocycles. The van der Waals surface area contributed by atoms with Crippen molar-refractivity contribution in [2.45, 2.75) is 6.92 Å². The highest BCUT2D eigenvalue weighted by molar-refractivity contribution is 5.81. The number of hydrogen-bond donors (Lipinski definition) is 1. The molecule has 18 heavy (non-hydrogen) atoms. The molecule has 0 saturated heterocycles. The maximum absolute atomic E-state index is 11.7. The van der Waals surface area contributed by atoms with Crippen LogP contribution in [-0.2, 0) is 7.05 Å². The van der Waals surface area contributed by atoms with Crippen LogP contribution in [0.2, 0.25) is 0 Å². The van der Waals surface area contributed by atoms with Crippen molar-refractivity contribution in [3.63, 3.8) is 0 Å². The molecule has 1 aromatic rings. The van der Waals surface area contributed by atoms with Crippen LogP contribution in [0.4, 0.5) is 0 Å². The number of rotatable bonds is 0. The zero-order chi connectivity index (χ0) is 12.9. The van der Waals surface area contributed by atoms with Crippen molar-refractivity contribution in [1.29, 1.82) is 0 Å². The fourth-order valence-corrected chi connectivity index (χ4v) is 2.06. The van der Waals surface area contributed by atoms with Gasteiger partial charge in [0.1, 0.15) is 0 Å². The Labute approximate surface area is 101 Å². The summed E-state index contributed by atoms with van der Waals surface area (Å²) in [4.78, 5) is 33.2. The van der Waals surface area contributed by atoms with Gasteiger partial charge in [-0.25, -0.2) is 9.78 Å². The normalized spacial score (nSPS) is 11.2. The number of para-hydroxylation sites is 1. The molecule has 0 bridgehead atoms. The first-order valence-electron chi connectivity index (χ1n) is 5.44. The van der Waals surface area contributed by atoms with Gasteiger partial charge in [0.15, 0.2) is 11.5 Å². The average molecular weight is 242 g/mol. The summed E-state index contributed by atoms with van der Waals surface area (Å²) in [5, 5.41) is 0. The van der Waals surface area contributed by atoms with Gasteiger partial charge in [-0.1, -0.05) is 12.1 Å².